The Morgan fingerprint density at radius 3 is 2.52 bits per heavy atom. The Morgan fingerprint density at radius 2 is 1.88 bits per heavy atom. The lowest BCUT2D eigenvalue weighted by Crippen LogP contribution is -2.49. The van der Waals surface area contributed by atoms with Crippen molar-refractivity contribution >= 4 is 5.91 Å². The van der Waals surface area contributed by atoms with Gasteiger partial charge in [0.2, 0.25) is 5.91 Å². The van der Waals surface area contributed by atoms with Crippen LogP contribution in [0.2, 0.25) is 0 Å². The number of nitrogens with zero attached hydrogens (tertiary/aromatic N) is 2. The average molecular weight is 359 g/mol. The summed E-state index contributed by atoms with van der Waals surface area (Å²) in [6, 6.07) is -0.0709. The highest BCUT2D eigenvalue weighted by atomic mass is 19.3. The number of nitrogens with one attached hydrogen (secondary N) is 1. The van der Waals surface area contributed by atoms with Crippen molar-refractivity contribution in [2.75, 3.05) is 46.4 Å². The molecule has 0 unspecified atom stereocenters. The van der Waals surface area contributed by atoms with Crippen LogP contribution < -0.4 is 5.32 Å². The molecule has 0 aromatic carbocycles. The fourth-order valence-electron chi connectivity index (χ4n) is 4.61. The third kappa shape index (κ3) is 4.89. The van der Waals surface area contributed by atoms with E-state index in [0.29, 0.717) is 32.0 Å². The van der Waals surface area contributed by atoms with Crippen molar-refractivity contribution in [2.24, 2.45) is 5.92 Å². The van der Waals surface area contributed by atoms with Crippen molar-refractivity contribution in [3.8, 4) is 0 Å². The van der Waals surface area contributed by atoms with Gasteiger partial charge in [0.1, 0.15) is 0 Å². The normalized spacial score (nSPS) is 29.2. The number of rotatable bonds is 5. The maximum absolute atomic E-state index is 13.8. The number of amides is 1. The number of carbonyl (C=O) groups excluding carboxylic acids is 1. The first kappa shape index (κ1) is 19.0. The number of methoxy groups -OCH3 is 1. The molecule has 25 heavy (non-hydrogen) atoms. The van der Waals surface area contributed by atoms with Gasteiger partial charge >= 0.3 is 0 Å². The van der Waals surface area contributed by atoms with Gasteiger partial charge in [0.15, 0.2) is 0 Å². The third-order valence-electron chi connectivity index (χ3n) is 5.98. The monoisotopic (exact) mass is 359 g/mol. The highest BCUT2D eigenvalue weighted by Gasteiger charge is 2.47. The number of ether oxygens (including phenoxy) is 1. The molecule has 3 saturated heterocycles. The SMILES string of the molecule is COC[C@@H]1CC(F)(F)CN1C1CCN(C(=O)CC2CCNCC2)CC1. The summed E-state index contributed by atoms with van der Waals surface area (Å²) in [6.07, 6.45) is 4.24. The lowest BCUT2D eigenvalue weighted by Gasteiger charge is -2.39. The zero-order chi connectivity index (χ0) is 17.9. The van der Waals surface area contributed by atoms with E-state index in [1.807, 2.05) is 9.80 Å². The molecule has 3 aliphatic rings. The lowest BCUT2D eigenvalue weighted by atomic mass is 9.93. The summed E-state index contributed by atoms with van der Waals surface area (Å²) in [7, 11) is 1.57. The lowest BCUT2D eigenvalue weighted by molar-refractivity contribution is -0.134. The van der Waals surface area contributed by atoms with Crippen LogP contribution in [0.1, 0.15) is 38.5 Å². The number of piperidine rings is 2. The zero-order valence-electron chi connectivity index (χ0n) is 15.2. The van der Waals surface area contributed by atoms with Crippen LogP contribution in [0.3, 0.4) is 0 Å². The minimum atomic E-state index is -2.62. The third-order valence-corrected chi connectivity index (χ3v) is 5.98. The first-order valence-corrected chi connectivity index (χ1v) is 9.59. The second-order valence-electron chi connectivity index (χ2n) is 7.85. The molecule has 0 saturated carbocycles. The van der Waals surface area contributed by atoms with Crippen LogP contribution in [-0.2, 0) is 9.53 Å². The fourth-order valence-corrected chi connectivity index (χ4v) is 4.61. The number of halogens is 2. The number of likely N-dealkylation sites (tertiary alicyclic amines) is 2. The maximum atomic E-state index is 13.8. The molecule has 1 N–H and O–H groups in total. The van der Waals surface area contributed by atoms with E-state index >= 15 is 0 Å². The van der Waals surface area contributed by atoms with Crippen LogP contribution in [0.25, 0.3) is 0 Å². The molecule has 144 valence electrons. The van der Waals surface area contributed by atoms with Crippen LogP contribution in [0.5, 0.6) is 0 Å². The smallest absolute Gasteiger partial charge is 0.262 e. The van der Waals surface area contributed by atoms with Crippen molar-refractivity contribution < 1.29 is 18.3 Å². The van der Waals surface area contributed by atoms with E-state index in [4.69, 9.17) is 4.74 Å². The molecule has 1 atom stereocenters. The van der Waals surface area contributed by atoms with E-state index in [0.717, 1.165) is 38.8 Å². The van der Waals surface area contributed by atoms with Gasteiger partial charge in [-0.3, -0.25) is 9.69 Å². The Kier molecular flexibility index (Phi) is 6.28. The molecular formula is C18H31F2N3O2. The second-order valence-corrected chi connectivity index (χ2v) is 7.85. The molecule has 0 bridgehead atoms. The Labute approximate surface area is 149 Å². The first-order valence-electron chi connectivity index (χ1n) is 9.59. The summed E-state index contributed by atoms with van der Waals surface area (Å²) in [5, 5.41) is 3.32. The van der Waals surface area contributed by atoms with Gasteiger partial charge in [-0.15, -0.1) is 0 Å². The number of carbonyl (C=O) groups is 1. The molecule has 0 spiro atoms. The summed E-state index contributed by atoms with van der Waals surface area (Å²) in [6.45, 7) is 3.57. The maximum Gasteiger partial charge on any atom is 0.262 e. The molecule has 0 aromatic rings. The van der Waals surface area contributed by atoms with Gasteiger partial charge in [-0.1, -0.05) is 0 Å². The van der Waals surface area contributed by atoms with Crippen molar-refractivity contribution in [1.82, 2.24) is 15.1 Å². The quantitative estimate of drug-likeness (QED) is 0.812. The van der Waals surface area contributed by atoms with Crippen molar-refractivity contribution in [3.63, 3.8) is 0 Å². The topological polar surface area (TPSA) is 44.8 Å². The van der Waals surface area contributed by atoms with Gasteiger partial charge in [0.25, 0.3) is 5.92 Å². The summed E-state index contributed by atoms with van der Waals surface area (Å²) >= 11 is 0. The van der Waals surface area contributed by atoms with E-state index in [2.05, 4.69) is 5.32 Å². The predicted octanol–water partition coefficient (Wildman–Crippen LogP) is 1.72. The van der Waals surface area contributed by atoms with Gasteiger partial charge in [0.05, 0.1) is 13.2 Å². The van der Waals surface area contributed by atoms with Crippen molar-refractivity contribution in [2.45, 2.75) is 56.5 Å². The van der Waals surface area contributed by atoms with E-state index in [1.165, 1.54) is 0 Å². The molecule has 0 aromatic heterocycles. The summed E-state index contributed by atoms with van der Waals surface area (Å²) in [4.78, 5) is 16.4. The predicted molar refractivity (Wildman–Crippen MR) is 91.7 cm³/mol. The van der Waals surface area contributed by atoms with Gasteiger partial charge < -0.3 is 15.0 Å². The molecule has 0 aliphatic carbocycles. The van der Waals surface area contributed by atoms with Gasteiger partial charge in [-0.05, 0) is 44.7 Å². The summed E-state index contributed by atoms with van der Waals surface area (Å²) < 4.78 is 32.8. The average Bonchev–Trinajstić information content (AvgIpc) is 2.91. The largest absolute Gasteiger partial charge is 0.383 e. The number of alkyl halides is 2. The van der Waals surface area contributed by atoms with Crippen LogP contribution in [0, 0.1) is 5.92 Å². The molecule has 0 radical (unpaired) electrons. The fraction of sp³-hybridized carbons (Fsp3) is 0.944. The number of hydrogen-bond acceptors (Lipinski definition) is 4. The molecule has 7 heteroatoms. The molecular weight excluding hydrogens is 328 g/mol. The molecule has 3 heterocycles. The highest BCUT2D eigenvalue weighted by molar-refractivity contribution is 5.76. The minimum Gasteiger partial charge on any atom is -0.383 e. The second kappa shape index (κ2) is 8.27. The Morgan fingerprint density at radius 1 is 1.20 bits per heavy atom. The van der Waals surface area contributed by atoms with E-state index in [9.17, 15) is 13.6 Å². The summed E-state index contributed by atoms with van der Waals surface area (Å²) in [5.74, 6) is -1.88. The molecule has 1 amide bonds. The van der Waals surface area contributed by atoms with Gasteiger partial charge in [-0.25, -0.2) is 8.78 Å². The van der Waals surface area contributed by atoms with Crippen molar-refractivity contribution in [1.29, 1.82) is 0 Å². The van der Waals surface area contributed by atoms with E-state index in [1.54, 1.807) is 7.11 Å². The van der Waals surface area contributed by atoms with Gasteiger partial charge in [0, 0.05) is 45.1 Å². The number of hydrogen-bond donors (Lipinski definition) is 1. The molecule has 5 nitrogen and oxygen atoms in total. The first-order chi connectivity index (χ1) is 12.0. The van der Waals surface area contributed by atoms with E-state index in [-0.39, 0.29) is 31.0 Å². The van der Waals surface area contributed by atoms with Crippen LogP contribution in [-0.4, -0.2) is 80.2 Å². The van der Waals surface area contributed by atoms with Crippen LogP contribution in [0.4, 0.5) is 8.78 Å². The van der Waals surface area contributed by atoms with Crippen LogP contribution in [0.15, 0.2) is 0 Å². The van der Waals surface area contributed by atoms with E-state index < -0.39 is 5.92 Å². The summed E-state index contributed by atoms with van der Waals surface area (Å²) in [5.41, 5.74) is 0. The molecule has 3 rings (SSSR count). The molecule has 3 fully saturated rings. The highest BCUT2D eigenvalue weighted by Crippen LogP contribution is 2.35. The standard InChI is InChI=1S/C18H31F2N3O2/c1-25-12-16-11-18(19,20)13-23(16)15-4-8-22(9-5-15)17(24)10-14-2-6-21-7-3-14/h14-16,21H,2-13H2,1H3/t16-/m0/s1. The van der Waals surface area contributed by atoms with Crippen LogP contribution >= 0.6 is 0 Å². The van der Waals surface area contributed by atoms with Crippen molar-refractivity contribution in [3.05, 3.63) is 0 Å². The Balaban J connectivity index is 1.48. The zero-order valence-corrected chi connectivity index (χ0v) is 15.2. The molecule has 3 aliphatic heterocycles. The van der Waals surface area contributed by atoms with Gasteiger partial charge in [-0.2, -0.15) is 0 Å². The minimum absolute atomic E-state index is 0.115. The Hall–Kier alpha value is -0.790. The Bertz CT molecular complexity index is 450.